The lowest BCUT2D eigenvalue weighted by Gasteiger charge is -2.14. The van der Waals surface area contributed by atoms with Crippen molar-refractivity contribution in [1.29, 1.82) is 0 Å². The maximum Gasteiger partial charge on any atom is 0.291 e. The predicted octanol–water partition coefficient (Wildman–Crippen LogP) is 5.39. The number of anilines is 1. The minimum atomic E-state index is -0.365. The zero-order valence-electron chi connectivity index (χ0n) is 18.6. The van der Waals surface area contributed by atoms with E-state index in [4.69, 9.17) is 9.15 Å². The number of hydrogen-bond donors (Lipinski definition) is 2. The summed E-state index contributed by atoms with van der Waals surface area (Å²) in [6.45, 7) is 3.82. The van der Waals surface area contributed by atoms with Gasteiger partial charge in [-0.3, -0.25) is 9.59 Å². The summed E-state index contributed by atoms with van der Waals surface area (Å²) in [6.07, 6.45) is 2.19. The molecule has 0 unspecified atom stereocenters. The highest BCUT2D eigenvalue weighted by Gasteiger charge is 2.28. The Morgan fingerprint density at radius 3 is 2.64 bits per heavy atom. The number of nitrogens with zero attached hydrogens (tertiary/aromatic N) is 1. The molecule has 0 aliphatic heterocycles. The average Bonchev–Trinajstić information content (AvgIpc) is 3.16. The Balaban J connectivity index is 1.58. The molecule has 1 aliphatic carbocycles. The zero-order chi connectivity index (χ0) is 23.5. The number of fused-ring (bicyclic) bond motifs is 1. The van der Waals surface area contributed by atoms with Crippen LogP contribution in [0.15, 0.2) is 56.5 Å². The summed E-state index contributed by atoms with van der Waals surface area (Å²) in [7, 11) is 1.52. The number of nitrogens with one attached hydrogen (secondary N) is 2. The van der Waals surface area contributed by atoms with E-state index in [1.54, 1.807) is 24.3 Å². The maximum atomic E-state index is 13.0. The van der Waals surface area contributed by atoms with Crippen LogP contribution >= 0.6 is 15.9 Å². The first-order valence-electron chi connectivity index (χ1n) is 10.6. The monoisotopic (exact) mass is 509 g/mol. The van der Waals surface area contributed by atoms with E-state index in [1.165, 1.54) is 7.11 Å². The van der Waals surface area contributed by atoms with Gasteiger partial charge in [0, 0.05) is 22.0 Å². The van der Waals surface area contributed by atoms with Gasteiger partial charge in [-0.15, -0.1) is 0 Å². The van der Waals surface area contributed by atoms with Crippen molar-refractivity contribution in [1.82, 2.24) is 5.43 Å². The Morgan fingerprint density at radius 1 is 1.09 bits per heavy atom. The molecule has 8 heteroatoms. The van der Waals surface area contributed by atoms with E-state index in [0.29, 0.717) is 46.9 Å². The van der Waals surface area contributed by atoms with Gasteiger partial charge in [-0.2, -0.15) is 5.10 Å². The van der Waals surface area contributed by atoms with Gasteiger partial charge in [-0.1, -0.05) is 18.2 Å². The molecule has 0 radical (unpaired) electrons. The lowest BCUT2D eigenvalue weighted by Crippen LogP contribution is -2.22. The number of carbonyl (C=O) groups is 2. The summed E-state index contributed by atoms with van der Waals surface area (Å²) in [5, 5.41) is 7.28. The van der Waals surface area contributed by atoms with Gasteiger partial charge < -0.3 is 14.5 Å². The van der Waals surface area contributed by atoms with Crippen LogP contribution in [0.25, 0.3) is 0 Å². The van der Waals surface area contributed by atoms with Crippen molar-refractivity contribution >= 4 is 39.1 Å². The highest BCUT2D eigenvalue weighted by atomic mass is 79.9. The van der Waals surface area contributed by atoms with Gasteiger partial charge in [-0.05, 0) is 72.4 Å². The molecule has 33 heavy (non-hydrogen) atoms. The van der Waals surface area contributed by atoms with E-state index in [9.17, 15) is 9.59 Å². The largest absolute Gasteiger partial charge is 0.496 e. The van der Waals surface area contributed by atoms with E-state index >= 15 is 0 Å². The minimum Gasteiger partial charge on any atom is -0.496 e. The molecule has 3 aromatic rings. The number of hydrazone groups is 1. The van der Waals surface area contributed by atoms with Gasteiger partial charge in [0.25, 0.3) is 11.8 Å². The number of aryl methyl sites for hydroxylation is 2. The number of ether oxygens (including phenoxy) is 1. The topological polar surface area (TPSA) is 92.9 Å². The second kappa shape index (κ2) is 9.62. The molecule has 2 amide bonds. The predicted molar refractivity (Wildman–Crippen MR) is 130 cm³/mol. The van der Waals surface area contributed by atoms with Crippen molar-refractivity contribution in [3.63, 3.8) is 0 Å². The molecule has 1 heterocycles. The fourth-order valence-electron chi connectivity index (χ4n) is 3.91. The quantitative estimate of drug-likeness (QED) is 0.450. The van der Waals surface area contributed by atoms with Crippen LogP contribution in [0.5, 0.6) is 5.75 Å². The number of para-hydroxylation sites is 1. The van der Waals surface area contributed by atoms with Gasteiger partial charge in [-0.25, -0.2) is 5.43 Å². The third-order valence-electron chi connectivity index (χ3n) is 5.55. The van der Waals surface area contributed by atoms with E-state index < -0.39 is 0 Å². The molecular formula is C25H24BrN3O4. The second-order valence-electron chi connectivity index (χ2n) is 7.85. The normalized spacial score (nSPS) is 14.0. The van der Waals surface area contributed by atoms with E-state index in [0.717, 1.165) is 22.0 Å². The van der Waals surface area contributed by atoms with Crippen LogP contribution in [0.3, 0.4) is 0 Å². The maximum absolute atomic E-state index is 13.0. The fraction of sp³-hybridized carbons (Fsp3) is 0.240. The van der Waals surface area contributed by atoms with Gasteiger partial charge >= 0.3 is 0 Å². The van der Waals surface area contributed by atoms with Crippen molar-refractivity contribution in [3.8, 4) is 5.75 Å². The van der Waals surface area contributed by atoms with Crippen LogP contribution in [0.2, 0.25) is 0 Å². The molecule has 0 fully saturated rings. The number of halogens is 1. The molecule has 0 spiro atoms. The Morgan fingerprint density at radius 2 is 1.88 bits per heavy atom. The molecule has 2 aromatic carbocycles. The van der Waals surface area contributed by atoms with Crippen molar-refractivity contribution in [2.45, 2.75) is 33.1 Å². The summed E-state index contributed by atoms with van der Waals surface area (Å²) in [4.78, 5) is 25.6. The first-order valence-corrected chi connectivity index (χ1v) is 11.4. The van der Waals surface area contributed by atoms with Crippen LogP contribution in [0.4, 0.5) is 5.69 Å². The highest BCUT2D eigenvalue weighted by Crippen LogP contribution is 2.31. The third-order valence-corrected chi connectivity index (χ3v) is 6.20. The molecule has 0 saturated carbocycles. The van der Waals surface area contributed by atoms with Gasteiger partial charge in [0.2, 0.25) is 0 Å². The Kier molecular flexibility index (Phi) is 6.65. The summed E-state index contributed by atoms with van der Waals surface area (Å²) >= 11 is 3.48. The summed E-state index contributed by atoms with van der Waals surface area (Å²) in [5.74, 6) is 0.731. The molecular weight excluding hydrogens is 486 g/mol. The van der Waals surface area contributed by atoms with Gasteiger partial charge in [0.05, 0.1) is 24.1 Å². The highest BCUT2D eigenvalue weighted by molar-refractivity contribution is 9.10. The third kappa shape index (κ3) is 4.71. The molecule has 4 rings (SSSR count). The van der Waals surface area contributed by atoms with Crippen molar-refractivity contribution in [2.24, 2.45) is 5.10 Å². The lowest BCUT2D eigenvalue weighted by molar-refractivity contribution is 0.0950. The number of hydrogen-bond acceptors (Lipinski definition) is 5. The summed E-state index contributed by atoms with van der Waals surface area (Å²) in [5.41, 5.74) is 6.95. The second-order valence-corrected chi connectivity index (χ2v) is 8.70. The molecule has 2 N–H and O–H groups in total. The Hall–Kier alpha value is -3.39. The van der Waals surface area contributed by atoms with Crippen LogP contribution in [-0.2, 0) is 6.42 Å². The van der Waals surface area contributed by atoms with Gasteiger partial charge in [0.1, 0.15) is 11.5 Å². The Bertz CT molecular complexity index is 1260. The van der Waals surface area contributed by atoms with Crippen molar-refractivity contribution in [3.05, 3.63) is 80.7 Å². The summed E-state index contributed by atoms with van der Waals surface area (Å²) in [6, 6.07) is 12.7. The van der Waals surface area contributed by atoms with Crippen molar-refractivity contribution < 1.29 is 18.7 Å². The van der Waals surface area contributed by atoms with Crippen molar-refractivity contribution in [2.75, 3.05) is 12.4 Å². The first-order chi connectivity index (χ1) is 15.9. The molecule has 0 saturated heterocycles. The number of furan rings is 1. The molecule has 1 aromatic heterocycles. The molecule has 0 bridgehead atoms. The number of amides is 2. The standard InChI is InChI=1S/C25H24BrN3O4/c1-14-11-12-18(17(26)13-14)27-25(31)23-15(2)22-19(8-6-10-21(22)33-23)28-29-24(30)16-7-4-5-9-20(16)32-3/h4-5,7,9,11-13H,6,8,10H2,1-3H3,(H,27,31)(H,29,30)/b28-19+. The van der Waals surface area contributed by atoms with Crippen LogP contribution in [0, 0.1) is 13.8 Å². The van der Waals surface area contributed by atoms with Crippen LogP contribution in [0.1, 0.15) is 56.2 Å². The fourth-order valence-corrected chi connectivity index (χ4v) is 4.50. The number of methoxy groups -OCH3 is 1. The smallest absolute Gasteiger partial charge is 0.291 e. The SMILES string of the molecule is COc1ccccc1C(=O)N/N=C1\CCCc2oc(C(=O)Nc3ccc(C)cc3Br)c(C)c21. The lowest BCUT2D eigenvalue weighted by atomic mass is 9.93. The zero-order valence-corrected chi connectivity index (χ0v) is 20.2. The molecule has 0 atom stereocenters. The molecule has 1 aliphatic rings. The molecule has 7 nitrogen and oxygen atoms in total. The van der Waals surface area contributed by atoms with E-state index in [2.05, 4.69) is 31.8 Å². The van der Waals surface area contributed by atoms with Gasteiger partial charge in [0.15, 0.2) is 5.76 Å². The number of benzene rings is 2. The van der Waals surface area contributed by atoms with Crippen LogP contribution in [-0.4, -0.2) is 24.6 Å². The Labute approximate surface area is 200 Å². The number of carbonyl (C=O) groups excluding carboxylic acids is 2. The van der Waals surface area contributed by atoms with Crippen LogP contribution < -0.4 is 15.5 Å². The summed E-state index contributed by atoms with van der Waals surface area (Å²) < 4.78 is 12.0. The first kappa shape index (κ1) is 22.8. The average molecular weight is 510 g/mol. The van der Waals surface area contributed by atoms with E-state index in [-0.39, 0.29) is 17.6 Å². The molecule has 170 valence electrons. The minimum absolute atomic E-state index is 0.248. The number of rotatable bonds is 5. The van der Waals surface area contributed by atoms with E-state index in [1.807, 2.05) is 32.0 Å².